The van der Waals surface area contributed by atoms with Gasteiger partial charge < -0.3 is 29.9 Å². The maximum Gasteiger partial charge on any atom is 0.323 e. The first-order valence-corrected chi connectivity index (χ1v) is 12.7. The minimum atomic E-state index is -0.465. The van der Waals surface area contributed by atoms with E-state index in [9.17, 15) is 14.4 Å². The van der Waals surface area contributed by atoms with Crippen molar-refractivity contribution in [3.8, 4) is 5.75 Å². The molecule has 10 heteroatoms. The molecule has 2 aromatic rings. The summed E-state index contributed by atoms with van der Waals surface area (Å²) in [4.78, 5) is 42.1. The van der Waals surface area contributed by atoms with Crippen LogP contribution in [0.5, 0.6) is 5.75 Å². The zero-order valence-corrected chi connectivity index (χ0v) is 22.7. The van der Waals surface area contributed by atoms with Crippen LogP contribution in [0.4, 0.5) is 16.2 Å². The predicted molar refractivity (Wildman–Crippen MR) is 144 cm³/mol. The van der Waals surface area contributed by atoms with Gasteiger partial charge in [0.15, 0.2) is 0 Å². The second-order valence-corrected chi connectivity index (χ2v) is 9.73. The molecule has 1 aliphatic heterocycles. The summed E-state index contributed by atoms with van der Waals surface area (Å²) in [6.07, 6.45) is 0.111. The van der Waals surface area contributed by atoms with Gasteiger partial charge in [0.2, 0.25) is 5.91 Å². The Morgan fingerprint density at radius 3 is 2.38 bits per heavy atom. The summed E-state index contributed by atoms with van der Waals surface area (Å²) in [6.45, 7) is 6.81. The Morgan fingerprint density at radius 2 is 1.73 bits per heavy atom. The van der Waals surface area contributed by atoms with E-state index in [1.54, 1.807) is 61.5 Å². The number of nitrogens with zero attached hydrogens (tertiary/aromatic N) is 2. The quantitative estimate of drug-likeness (QED) is 0.595. The zero-order valence-electron chi connectivity index (χ0n) is 21.9. The summed E-state index contributed by atoms with van der Waals surface area (Å²) in [5.74, 6) is 0.131. The minimum Gasteiger partial charge on any atom is -0.491 e. The number of fused-ring (bicyclic) bond motifs is 1. The van der Waals surface area contributed by atoms with Gasteiger partial charge >= 0.3 is 6.03 Å². The van der Waals surface area contributed by atoms with Gasteiger partial charge in [-0.3, -0.25) is 9.59 Å². The van der Waals surface area contributed by atoms with E-state index >= 15 is 0 Å². The lowest BCUT2D eigenvalue weighted by atomic mass is 10.0. The number of carbonyl (C=O) groups is 3. The lowest BCUT2D eigenvalue weighted by molar-refractivity contribution is -0.135. The standard InChI is InChI=1S/C27H35ClN4O5/c1-6-25(33)32-14-17(2)24(36-5)15-31(4)26(34)22-13-21(11-12-23(22)37-16-18(32)3)30-27(35)29-20-9-7-19(28)8-10-20/h7-13,17-18,24H,6,14-16H2,1-5H3,(H2,29,30,35)/t17-,18-,24+/m0/s1. The number of urea groups is 1. The number of nitrogens with one attached hydrogen (secondary N) is 2. The molecule has 9 nitrogen and oxygen atoms in total. The molecular weight excluding hydrogens is 496 g/mol. The highest BCUT2D eigenvalue weighted by molar-refractivity contribution is 6.30. The van der Waals surface area contributed by atoms with Crippen LogP contribution in [0, 0.1) is 5.92 Å². The molecule has 0 bridgehead atoms. The Morgan fingerprint density at radius 1 is 1.08 bits per heavy atom. The minimum absolute atomic E-state index is 0.0124. The SMILES string of the molecule is CCC(=O)N1C[C@H](C)[C@H](OC)CN(C)C(=O)c2cc(NC(=O)Nc3ccc(Cl)cc3)ccc2OC[C@@H]1C. The van der Waals surface area contributed by atoms with E-state index in [0.29, 0.717) is 47.2 Å². The van der Waals surface area contributed by atoms with Crippen molar-refractivity contribution in [1.29, 1.82) is 0 Å². The van der Waals surface area contributed by atoms with Crippen LogP contribution in [0.25, 0.3) is 0 Å². The van der Waals surface area contributed by atoms with Gasteiger partial charge in [-0.2, -0.15) is 0 Å². The van der Waals surface area contributed by atoms with Gasteiger partial charge in [-0.05, 0) is 49.4 Å². The van der Waals surface area contributed by atoms with Crippen LogP contribution in [0.3, 0.4) is 0 Å². The molecule has 0 unspecified atom stereocenters. The van der Waals surface area contributed by atoms with Crippen molar-refractivity contribution < 1.29 is 23.9 Å². The monoisotopic (exact) mass is 530 g/mol. The maximum absolute atomic E-state index is 13.5. The number of hydrogen-bond donors (Lipinski definition) is 2. The summed E-state index contributed by atoms with van der Waals surface area (Å²) in [6, 6.07) is 11.0. The van der Waals surface area contributed by atoms with Crippen LogP contribution in [0.2, 0.25) is 5.02 Å². The van der Waals surface area contributed by atoms with E-state index in [1.165, 1.54) is 0 Å². The Hall–Kier alpha value is -3.30. The smallest absolute Gasteiger partial charge is 0.323 e. The summed E-state index contributed by atoms with van der Waals surface area (Å²) < 4.78 is 11.8. The topological polar surface area (TPSA) is 100 Å². The average Bonchev–Trinajstić information content (AvgIpc) is 2.88. The average molecular weight is 531 g/mol. The summed E-state index contributed by atoms with van der Waals surface area (Å²) in [5.41, 5.74) is 1.30. The van der Waals surface area contributed by atoms with Gasteiger partial charge in [0.25, 0.3) is 5.91 Å². The van der Waals surface area contributed by atoms with Crippen molar-refractivity contribution in [1.82, 2.24) is 9.80 Å². The lowest BCUT2D eigenvalue weighted by Gasteiger charge is -2.36. The zero-order chi connectivity index (χ0) is 27.1. The second-order valence-electron chi connectivity index (χ2n) is 9.29. The third kappa shape index (κ3) is 7.36. The molecule has 4 amide bonds. The highest BCUT2D eigenvalue weighted by Crippen LogP contribution is 2.27. The van der Waals surface area contributed by atoms with Crippen LogP contribution < -0.4 is 15.4 Å². The highest BCUT2D eigenvalue weighted by atomic mass is 35.5. The molecular formula is C27H35ClN4O5. The summed E-state index contributed by atoms with van der Waals surface area (Å²) in [7, 11) is 3.31. The Labute approximate surface area is 223 Å². The summed E-state index contributed by atoms with van der Waals surface area (Å²) in [5, 5.41) is 6.05. The molecule has 0 spiro atoms. The molecule has 200 valence electrons. The number of ether oxygens (including phenoxy) is 2. The van der Waals surface area contributed by atoms with Crippen molar-refractivity contribution in [2.24, 2.45) is 5.92 Å². The number of hydrogen-bond acceptors (Lipinski definition) is 5. The first-order chi connectivity index (χ1) is 17.6. The Balaban J connectivity index is 1.88. The third-order valence-corrected chi connectivity index (χ3v) is 6.68. The molecule has 1 heterocycles. The molecule has 0 saturated carbocycles. The van der Waals surface area contributed by atoms with Gasteiger partial charge in [0.05, 0.1) is 17.7 Å². The number of likely N-dealkylation sites (N-methyl/N-ethyl adjacent to an activating group) is 1. The van der Waals surface area contributed by atoms with Crippen molar-refractivity contribution in [2.45, 2.75) is 39.3 Å². The number of anilines is 2. The third-order valence-electron chi connectivity index (χ3n) is 6.43. The number of amides is 4. The van der Waals surface area contributed by atoms with Crippen LogP contribution in [-0.2, 0) is 9.53 Å². The summed E-state index contributed by atoms with van der Waals surface area (Å²) >= 11 is 5.90. The van der Waals surface area contributed by atoms with Crippen LogP contribution in [0.15, 0.2) is 42.5 Å². The van der Waals surface area contributed by atoms with E-state index in [2.05, 4.69) is 10.6 Å². The van der Waals surface area contributed by atoms with E-state index < -0.39 is 6.03 Å². The first-order valence-electron chi connectivity index (χ1n) is 12.3. The van der Waals surface area contributed by atoms with Crippen LogP contribution >= 0.6 is 11.6 Å². The molecule has 0 saturated heterocycles. The molecule has 0 fully saturated rings. The number of halogens is 1. The molecule has 1 aliphatic rings. The number of rotatable bonds is 4. The van der Waals surface area contributed by atoms with Gasteiger partial charge in [-0.15, -0.1) is 0 Å². The fourth-order valence-electron chi connectivity index (χ4n) is 4.23. The van der Waals surface area contributed by atoms with Gasteiger partial charge in [0.1, 0.15) is 12.4 Å². The van der Waals surface area contributed by atoms with Gasteiger partial charge in [-0.25, -0.2) is 4.79 Å². The van der Waals surface area contributed by atoms with E-state index in [-0.39, 0.29) is 36.5 Å². The normalized spacial score (nSPS) is 20.7. The predicted octanol–water partition coefficient (Wildman–Crippen LogP) is 4.73. The molecule has 0 aromatic heterocycles. The van der Waals surface area contributed by atoms with E-state index in [1.807, 2.05) is 25.7 Å². The van der Waals surface area contributed by atoms with Crippen molar-refractivity contribution in [2.75, 3.05) is 44.5 Å². The highest BCUT2D eigenvalue weighted by Gasteiger charge is 2.30. The Bertz CT molecular complexity index is 1110. The van der Waals surface area contributed by atoms with Crippen molar-refractivity contribution in [3.05, 3.63) is 53.1 Å². The molecule has 2 N–H and O–H groups in total. The fourth-order valence-corrected chi connectivity index (χ4v) is 4.36. The van der Waals surface area contributed by atoms with Crippen molar-refractivity contribution >= 4 is 40.8 Å². The lowest BCUT2D eigenvalue weighted by Crippen LogP contribution is -2.48. The molecule has 37 heavy (non-hydrogen) atoms. The first kappa shape index (κ1) is 28.3. The molecule has 2 aromatic carbocycles. The van der Waals surface area contributed by atoms with E-state index in [4.69, 9.17) is 21.1 Å². The largest absolute Gasteiger partial charge is 0.491 e. The maximum atomic E-state index is 13.5. The molecule has 3 rings (SSSR count). The van der Waals surface area contributed by atoms with Gasteiger partial charge in [-0.1, -0.05) is 25.4 Å². The van der Waals surface area contributed by atoms with Crippen LogP contribution in [0.1, 0.15) is 37.6 Å². The van der Waals surface area contributed by atoms with Gasteiger partial charge in [0, 0.05) is 56.0 Å². The molecule has 0 radical (unpaired) electrons. The Kier molecular flexibility index (Phi) is 9.77. The molecule has 3 atom stereocenters. The second kappa shape index (κ2) is 12.8. The number of methoxy groups -OCH3 is 1. The number of benzene rings is 2. The fraction of sp³-hybridized carbons (Fsp3) is 0.444. The van der Waals surface area contributed by atoms with E-state index in [0.717, 1.165) is 0 Å². The molecule has 0 aliphatic carbocycles. The number of carbonyl (C=O) groups excluding carboxylic acids is 3. The van der Waals surface area contributed by atoms with Crippen LogP contribution in [-0.4, -0.2) is 73.6 Å². The van der Waals surface area contributed by atoms with Crippen molar-refractivity contribution in [3.63, 3.8) is 0 Å².